The van der Waals surface area contributed by atoms with E-state index in [2.05, 4.69) is 37.0 Å². The van der Waals surface area contributed by atoms with Crippen LogP contribution in [0.2, 0.25) is 5.02 Å². The molecule has 0 amide bonds. The molecule has 86 valence electrons. The van der Waals surface area contributed by atoms with Crippen LogP contribution in [0.4, 0.5) is 5.82 Å². The fourth-order valence-electron chi connectivity index (χ4n) is 1.31. The topological polar surface area (TPSA) is 57.0 Å². The van der Waals surface area contributed by atoms with Gasteiger partial charge in [-0.25, -0.2) is 4.68 Å². The van der Waals surface area contributed by atoms with Gasteiger partial charge in [-0.15, -0.1) is 0 Å². The van der Waals surface area contributed by atoms with Gasteiger partial charge < -0.3 is 10.2 Å². The number of nitrogens with two attached hydrogens (primary N) is 1. The number of aromatic nitrogens is 2. The predicted molar refractivity (Wildman–Crippen MR) is 69.6 cm³/mol. The van der Waals surface area contributed by atoms with Crippen LogP contribution in [0.25, 0.3) is 0 Å². The van der Waals surface area contributed by atoms with Crippen molar-refractivity contribution in [1.82, 2.24) is 9.78 Å². The molecule has 0 aliphatic heterocycles. The molecule has 2 N–H and O–H groups in total. The third-order valence-corrected chi connectivity index (χ3v) is 4.27. The van der Waals surface area contributed by atoms with Crippen molar-refractivity contribution in [3.63, 3.8) is 0 Å². The van der Waals surface area contributed by atoms with Gasteiger partial charge in [-0.05, 0) is 44.8 Å². The van der Waals surface area contributed by atoms with Gasteiger partial charge >= 0.3 is 0 Å². The van der Waals surface area contributed by atoms with Gasteiger partial charge in [0.15, 0.2) is 4.67 Å². The summed E-state index contributed by atoms with van der Waals surface area (Å²) in [6.07, 6.45) is 0. The van der Waals surface area contributed by atoms with Crippen LogP contribution in [-0.2, 0) is 6.54 Å². The number of hydrogen-bond acceptors (Lipinski definition) is 3. The van der Waals surface area contributed by atoms with Crippen LogP contribution >= 0.6 is 43.5 Å². The molecule has 0 unspecified atom stereocenters. The molecule has 0 aromatic carbocycles. The molecule has 2 heterocycles. The van der Waals surface area contributed by atoms with Crippen molar-refractivity contribution in [2.24, 2.45) is 0 Å². The standard InChI is InChI=1S/C9H8Br2ClN3O/c1-4-7(12)9(13)15(14-4)3-5-2-6(10)8(11)16-5/h2H,3,13H2,1H3. The molecule has 0 radical (unpaired) electrons. The highest BCUT2D eigenvalue weighted by Gasteiger charge is 2.13. The van der Waals surface area contributed by atoms with Gasteiger partial charge in [-0.2, -0.15) is 5.10 Å². The Morgan fingerprint density at radius 3 is 2.69 bits per heavy atom. The van der Waals surface area contributed by atoms with E-state index in [1.807, 2.05) is 13.0 Å². The Morgan fingerprint density at radius 2 is 2.25 bits per heavy atom. The van der Waals surface area contributed by atoms with Gasteiger partial charge in [0.1, 0.15) is 23.1 Å². The van der Waals surface area contributed by atoms with Gasteiger partial charge in [0, 0.05) is 0 Å². The van der Waals surface area contributed by atoms with Crippen molar-refractivity contribution in [2.45, 2.75) is 13.5 Å². The summed E-state index contributed by atoms with van der Waals surface area (Å²) < 4.78 is 8.55. The molecular formula is C9H8Br2ClN3O. The lowest BCUT2D eigenvalue weighted by Crippen LogP contribution is -2.05. The van der Waals surface area contributed by atoms with E-state index in [0.29, 0.717) is 27.7 Å². The zero-order valence-electron chi connectivity index (χ0n) is 8.30. The van der Waals surface area contributed by atoms with Crippen LogP contribution in [0.1, 0.15) is 11.5 Å². The highest BCUT2D eigenvalue weighted by Crippen LogP contribution is 2.28. The first-order valence-electron chi connectivity index (χ1n) is 4.41. The molecule has 0 spiro atoms. The molecule has 2 rings (SSSR count). The smallest absolute Gasteiger partial charge is 0.183 e. The molecule has 0 aliphatic rings. The van der Waals surface area contributed by atoms with E-state index in [1.165, 1.54) is 0 Å². The summed E-state index contributed by atoms with van der Waals surface area (Å²) in [7, 11) is 0. The van der Waals surface area contributed by atoms with E-state index in [0.717, 1.165) is 10.2 Å². The summed E-state index contributed by atoms with van der Waals surface area (Å²) in [4.78, 5) is 0. The first-order valence-corrected chi connectivity index (χ1v) is 6.37. The number of furan rings is 1. The van der Waals surface area contributed by atoms with Crippen LogP contribution in [0.5, 0.6) is 0 Å². The molecule has 4 nitrogen and oxygen atoms in total. The van der Waals surface area contributed by atoms with Gasteiger partial charge in [0.2, 0.25) is 0 Å². The maximum absolute atomic E-state index is 5.94. The summed E-state index contributed by atoms with van der Waals surface area (Å²) in [5.41, 5.74) is 6.51. The molecule has 0 saturated carbocycles. The third-order valence-electron chi connectivity index (χ3n) is 2.09. The first-order chi connectivity index (χ1) is 7.49. The molecule has 0 bridgehead atoms. The maximum Gasteiger partial charge on any atom is 0.183 e. The molecule has 0 saturated heterocycles. The fourth-order valence-corrected chi connectivity index (χ4v) is 2.11. The number of nitrogen functional groups attached to an aromatic ring is 1. The van der Waals surface area contributed by atoms with Gasteiger partial charge in [0.05, 0.1) is 10.2 Å². The molecule has 2 aromatic rings. The van der Waals surface area contributed by atoms with Gasteiger partial charge in [0.25, 0.3) is 0 Å². The summed E-state index contributed by atoms with van der Waals surface area (Å²) in [6, 6.07) is 1.86. The lowest BCUT2D eigenvalue weighted by molar-refractivity contribution is 0.463. The molecule has 16 heavy (non-hydrogen) atoms. The zero-order valence-corrected chi connectivity index (χ0v) is 12.2. The average molecular weight is 369 g/mol. The number of rotatable bonds is 2. The Kier molecular flexibility index (Phi) is 3.32. The van der Waals surface area contributed by atoms with Crippen LogP contribution in [0, 0.1) is 6.92 Å². The molecule has 7 heteroatoms. The zero-order chi connectivity index (χ0) is 11.9. The Labute approximate surface area is 114 Å². The molecular weight excluding hydrogens is 361 g/mol. The largest absolute Gasteiger partial charge is 0.451 e. The van der Waals surface area contributed by atoms with Gasteiger partial charge in [-0.3, -0.25) is 0 Å². The highest BCUT2D eigenvalue weighted by atomic mass is 79.9. The SMILES string of the molecule is Cc1nn(Cc2cc(Br)c(Br)o2)c(N)c1Cl. The van der Waals surface area contributed by atoms with Crippen molar-refractivity contribution in [3.05, 3.63) is 31.7 Å². The predicted octanol–water partition coefficient (Wildman–Crippen LogP) is 3.59. The minimum absolute atomic E-state index is 0.447. The number of anilines is 1. The monoisotopic (exact) mass is 367 g/mol. The van der Waals surface area contributed by atoms with E-state index in [1.54, 1.807) is 4.68 Å². The van der Waals surface area contributed by atoms with E-state index >= 15 is 0 Å². The second-order valence-electron chi connectivity index (χ2n) is 3.28. The summed E-state index contributed by atoms with van der Waals surface area (Å²) >= 11 is 12.6. The highest BCUT2D eigenvalue weighted by molar-refractivity contribution is 9.13. The van der Waals surface area contributed by atoms with Crippen LogP contribution < -0.4 is 5.73 Å². The van der Waals surface area contributed by atoms with Crippen LogP contribution in [0.3, 0.4) is 0 Å². The van der Waals surface area contributed by atoms with E-state index < -0.39 is 0 Å². The Bertz CT molecular complexity index is 516. The lowest BCUT2D eigenvalue weighted by Gasteiger charge is -2.00. The second kappa shape index (κ2) is 4.43. The minimum atomic E-state index is 0.447. The number of aryl methyl sites for hydroxylation is 1. The van der Waals surface area contributed by atoms with Crippen LogP contribution in [-0.4, -0.2) is 9.78 Å². The Balaban J connectivity index is 2.30. The molecule has 2 aromatic heterocycles. The fraction of sp³-hybridized carbons (Fsp3) is 0.222. The quantitative estimate of drug-likeness (QED) is 0.880. The number of halogens is 3. The third kappa shape index (κ3) is 2.14. The Morgan fingerprint density at radius 1 is 1.56 bits per heavy atom. The van der Waals surface area contributed by atoms with Crippen LogP contribution in [0.15, 0.2) is 19.6 Å². The second-order valence-corrected chi connectivity index (χ2v) is 5.23. The van der Waals surface area contributed by atoms with E-state index in [-0.39, 0.29) is 0 Å². The van der Waals surface area contributed by atoms with Crippen molar-refractivity contribution < 1.29 is 4.42 Å². The molecule has 0 aliphatic carbocycles. The van der Waals surface area contributed by atoms with E-state index in [4.69, 9.17) is 21.8 Å². The summed E-state index contributed by atoms with van der Waals surface area (Å²) in [5.74, 6) is 1.19. The average Bonchev–Trinajstić information content (AvgIpc) is 2.64. The summed E-state index contributed by atoms with van der Waals surface area (Å²) in [6.45, 7) is 2.26. The van der Waals surface area contributed by atoms with Crippen molar-refractivity contribution in [3.8, 4) is 0 Å². The normalized spacial score (nSPS) is 11.0. The van der Waals surface area contributed by atoms with Crippen molar-refractivity contribution in [2.75, 3.05) is 5.73 Å². The first kappa shape index (κ1) is 12.0. The van der Waals surface area contributed by atoms with Gasteiger partial charge in [-0.1, -0.05) is 11.6 Å². The molecule has 0 fully saturated rings. The maximum atomic E-state index is 5.94. The van der Waals surface area contributed by atoms with Crippen molar-refractivity contribution >= 4 is 49.3 Å². The Hall–Kier alpha value is -0.460. The van der Waals surface area contributed by atoms with Crippen molar-refractivity contribution in [1.29, 1.82) is 0 Å². The molecule has 0 atom stereocenters. The summed E-state index contributed by atoms with van der Waals surface area (Å²) in [5, 5.41) is 4.70. The number of hydrogen-bond donors (Lipinski definition) is 1. The number of nitrogens with zero attached hydrogens (tertiary/aromatic N) is 2. The lowest BCUT2D eigenvalue weighted by atomic mass is 10.4. The minimum Gasteiger partial charge on any atom is -0.451 e. The van der Waals surface area contributed by atoms with E-state index in [9.17, 15) is 0 Å².